The monoisotopic (exact) mass is 302 g/mol. The van der Waals surface area contributed by atoms with Gasteiger partial charge in [-0.25, -0.2) is 13.1 Å². The smallest absolute Gasteiger partial charge is 0.274 e. The number of rotatable bonds is 6. The zero-order chi connectivity index (χ0) is 15.6. The van der Waals surface area contributed by atoms with Gasteiger partial charge < -0.3 is 9.73 Å². The lowest BCUT2D eigenvalue weighted by atomic mass is 9.82. The van der Waals surface area contributed by atoms with E-state index in [1.54, 1.807) is 13.1 Å². The fourth-order valence-corrected chi connectivity index (χ4v) is 3.91. The molecule has 0 amide bonds. The van der Waals surface area contributed by atoms with E-state index < -0.39 is 15.6 Å². The van der Waals surface area contributed by atoms with Gasteiger partial charge in [0.25, 0.3) is 10.0 Å². The molecule has 0 saturated heterocycles. The molecule has 1 aromatic heterocycles. The van der Waals surface area contributed by atoms with Crippen LogP contribution in [0.4, 0.5) is 0 Å². The molecular weight excluding hydrogens is 276 g/mol. The Morgan fingerprint density at radius 2 is 1.75 bits per heavy atom. The lowest BCUT2D eigenvalue weighted by Gasteiger charge is -2.32. The van der Waals surface area contributed by atoms with Crippen LogP contribution in [0.1, 0.15) is 46.8 Å². The van der Waals surface area contributed by atoms with E-state index in [9.17, 15) is 8.42 Å². The third-order valence-corrected chi connectivity index (χ3v) is 4.21. The van der Waals surface area contributed by atoms with Crippen molar-refractivity contribution in [1.29, 1.82) is 0 Å². The third-order valence-electron chi connectivity index (χ3n) is 2.64. The van der Waals surface area contributed by atoms with E-state index >= 15 is 0 Å². The number of sulfonamides is 1. The van der Waals surface area contributed by atoms with Gasteiger partial charge in [0, 0.05) is 5.54 Å². The summed E-state index contributed by atoms with van der Waals surface area (Å²) >= 11 is 0. The van der Waals surface area contributed by atoms with Gasteiger partial charge in [-0.15, -0.1) is 0 Å². The van der Waals surface area contributed by atoms with Crippen molar-refractivity contribution in [3.8, 4) is 0 Å². The fraction of sp³-hybridized carbons (Fsp3) is 0.714. The summed E-state index contributed by atoms with van der Waals surface area (Å²) in [5, 5.41) is 2.88. The normalized spacial score (nSPS) is 13.7. The van der Waals surface area contributed by atoms with Gasteiger partial charge in [0.15, 0.2) is 0 Å². The third kappa shape index (κ3) is 5.26. The van der Waals surface area contributed by atoms with E-state index in [2.05, 4.69) is 30.8 Å². The average molecular weight is 302 g/mol. The van der Waals surface area contributed by atoms with Crippen LogP contribution < -0.4 is 10.0 Å². The van der Waals surface area contributed by atoms with Gasteiger partial charge in [0.1, 0.15) is 5.76 Å². The van der Waals surface area contributed by atoms with Crippen molar-refractivity contribution in [3.63, 3.8) is 0 Å². The maximum absolute atomic E-state index is 12.3. The minimum atomic E-state index is -3.63. The van der Waals surface area contributed by atoms with Crippen LogP contribution in [0.2, 0.25) is 0 Å². The summed E-state index contributed by atoms with van der Waals surface area (Å²) in [6.07, 6.45) is 0.726. The second kappa shape index (κ2) is 5.87. The highest BCUT2D eigenvalue weighted by Gasteiger charge is 2.31. The van der Waals surface area contributed by atoms with Gasteiger partial charge >= 0.3 is 0 Å². The molecule has 0 unspecified atom stereocenters. The zero-order valence-electron chi connectivity index (χ0n) is 13.2. The van der Waals surface area contributed by atoms with Crippen LogP contribution in [-0.2, 0) is 16.6 Å². The Morgan fingerprint density at radius 1 is 1.15 bits per heavy atom. The van der Waals surface area contributed by atoms with Crippen molar-refractivity contribution in [1.82, 2.24) is 10.0 Å². The van der Waals surface area contributed by atoms with Crippen molar-refractivity contribution in [2.45, 2.75) is 58.2 Å². The van der Waals surface area contributed by atoms with Crippen molar-refractivity contribution in [2.75, 3.05) is 7.05 Å². The average Bonchev–Trinajstić information content (AvgIpc) is 2.61. The Hall–Kier alpha value is -0.850. The van der Waals surface area contributed by atoms with Crippen molar-refractivity contribution >= 4 is 10.0 Å². The van der Waals surface area contributed by atoms with Crippen molar-refractivity contribution < 1.29 is 12.8 Å². The van der Waals surface area contributed by atoms with E-state index in [1.165, 1.54) is 6.07 Å². The first-order valence-corrected chi connectivity index (χ1v) is 8.21. The molecule has 0 aliphatic carbocycles. The Balaban J connectivity index is 2.88. The molecule has 0 radical (unpaired) electrons. The topological polar surface area (TPSA) is 71.3 Å². The summed E-state index contributed by atoms with van der Waals surface area (Å²) < 4.78 is 32.7. The van der Waals surface area contributed by atoms with E-state index in [0.717, 1.165) is 6.42 Å². The summed E-state index contributed by atoms with van der Waals surface area (Å²) in [4.78, 5) is 0. The Morgan fingerprint density at radius 3 is 2.25 bits per heavy atom. The summed E-state index contributed by atoms with van der Waals surface area (Å²) in [6, 6.07) is 3.16. The summed E-state index contributed by atoms with van der Waals surface area (Å²) in [5.74, 6) is 0.599. The Bertz CT molecular complexity index is 539. The zero-order valence-corrected chi connectivity index (χ0v) is 14.0. The van der Waals surface area contributed by atoms with Crippen LogP contribution in [0, 0.1) is 5.41 Å². The van der Waals surface area contributed by atoms with Gasteiger partial charge in [-0.05, 0) is 44.9 Å². The molecular formula is C14H26N2O3S. The maximum Gasteiger partial charge on any atom is 0.274 e. The maximum atomic E-state index is 12.3. The predicted octanol–water partition coefficient (Wildman–Crippen LogP) is 2.49. The van der Waals surface area contributed by atoms with Gasteiger partial charge in [-0.1, -0.05) is 20.8 Å². The molecule has 0 atom stereocenters. The first-order valence-electron chi connectivity index (χ1n) is 6.72. The van der Waals surface area contributed by atoms with E-state index in [-0.39, 0.29) is 10.5 Å². The van der Waals surface area contributed by atoms with E-state index in [1.807, 2.05) is 13.8 Å². The van der Waals surface area contributed by atoms with Crippen molar-refractivity contribution in [3.05, 3.63) is 17.9 Å². The molecule has 0 fully saturated rings. The lowest BCUT2D eigenvalue weighted by molar-refractivity contribution is 0.267. The quantitative estimate of drug-likeness (QED) is 0.847. The molecule has 0 aliphatic rings. The fourth-order valence-electron chi connectivity index (χ4n) is 2.55. The molecule has 2 N–H and O–H groups in total. The Kier molecular flexibility index (Phi) is 5.05. The van der Waals surface area contributed by atoms with Gasteiger partial charge in [0.2, 0.25) is 5.09 Å². The molecule has 5 nitrogen and oxygen atoms in total. The minimum absolute atomic E-state index is 0.0342. The van der Waals surface area contributed by atoms with Crippen LogP contribution >= 0.6 is 0 Å². The first kappa shape index (κ1) is 17.2. The SMILES string of the molecule is CNCc1ccc(S(=O)(=O)NC(C)(C)CC(C)(C)C)o1. The number of hydrogen-bond acceptors (Lipinski definition) is 4. The van der Waals surface area contributed by atoms with E-state index in [4.69, 9.17) is 4.42 Å². The van der Waals surface area contributed by atoms with E-state index in [0.29, 0.717) is 12.3 Å². The minimum Gasteiger partial charge on any atom is -0.447 e. The molecule has 0 bridgehead atoms. The lowest BCUT2D eigenvalue weighted by Crippen LogP contribution is -2.45. The van der Waals surface area contributed by atoms with Crippen LogP contribution in [0.25, 0.3) is 0 Å². The number of hydrogen-bond donors (Lipinski definition) is 2. The molecule has 0 spiro atoms. The number of nitrogens with one attached hydrogen (secondary N) is 2. The molecule has 0 aromatic carbocycles. The standard InChI is InChI=1S/C14H26N2O3S/c1-13(2,3)10-14(4,5)16-20(17,18)12-8-7-11(19-12)9-15-6/h7-8,15-16H,9-10H2,1-6H3. The van der Waals surface area contributed by atoms with Crippen molar-refractivity contribution in [2.24, 2.45) is 5.41 Å². The summed E-state index contributed by atoms with van der Waals surface area (Å²) in [6.45, 7) is 10.5. The molecule has 116 valence electrons. The molecule has 1 rings (SSSR count). The second-order valence-electron chi connectivity index (χ2n) is 6.98. The molecule has 1 heterocycles. The largest absolute Gasteiger partial charge is 0.447 e. The highest BCUT2D eigenvalue weighted by Crippen LogP contribution is 2.28. The first-order chi connectivity index (χ1) is 8.95. The molecule has 0 aliphatic heterocycles. The number of furan rings is 1. The molecule has 1 aromatic rings. The highest BCUT2D eigenvalue weighted by atomic mass is 32.2. The van der Waals surface area contributed by atoms with Crippen LogP contribution in [0.15, 0.2) is 21.6 Å². The summed E-state index contributed by atoms with van der Waals surface area (Å²) in [7, 11) is -1.85. The van der Waals surface area contributed by atoms with Gasteiger partial charge in [-0.2, -0.15) is 0 Å². The van der Waals surface area contributed by atoms with Crippen LogP contribution in [0.3, 0.4) is 0 Å². The predicted molar refractivity (Wildman–Crippen MR) is 79.9 cm³/mol. The molecule has 20 heavy (non-hydrogen) atoms. The van der Waals surface area contributed by atoms with Crippen LogP contribution in [0.5, 0.6) is 0 Å². The van der Waals surface area contributed by atoms with Crippen LogP contribution in [-0.4, -0.2) is 21.0 Å². The summed E-state index contributed by atoms with van der Waals surface area (Å²) in [5.41, 5.74) is -0.500. The van der Waals surface area contributed by atoms with Gasteiger partial charge in [0.05, 0.1) is 6.54 Å². The second-order valence-corrected chi connectivity index (χ2v) is 8.59. The molecule has 0 saturated carbocycles. The highest BCUT2D eigenvalue weighted by molar-refractivity contribution is 7.89. The Labute approximate surface area is 122 Å². The van der Waals surface area contributed by atoms with Gasteiger partial charge in [-0.3, -0.25) is 0 Å². The molecule has 6 heteroatoms.